The SMILES string of the molecule is C=CC1CCCC1c1ccccc1. The Bertz CT molecular complexity index is 273. The van der Waals surface area contributed by atoms with Crippen molar-refractivity contribution in [3.8, 4) is 0 Å². The molecule has 1 aliphatic carbocycles. The number of benzene rings is 1. The minimum atomic E-state index is 0.711. The Balaban J connectivity index is 2.21. The first-order valence-corrected chi connectivity index (χ1v) is 5.09. The molecule has 0 spiro atoms. The molecule has 0 bridgehead atoms. The number of rotatable bonds is 2. The molecule has 0 aromatic heterocycles. The lowest BCUT2D eigenvalue weighted by atomic mass is 9.89. The highest BCUT2D eigenvalue weighted by molar-refractivity contribution is 5.22. The first kappa shape index (κ1) is 8.55. The molecule has 1 saturated carbocycles. The van der Waals surface area contributed by atoms with Gasteiger partial charge in [0.15, 0.2) is 0 Å². The summed E-state index contributed by atoms with van der Waals surface area (Å²) in [5.74, 6) is 1.45. The maximum Gasteiger partial charge on any atom is -0.00991 e. The molecule has 0 heterocycles. The van der Waals surface area contributed by atoms with Crippen LogP contribution in [0.1, 0.15) is 30.7 Å². The molecule has 2 rings (SSSR count). The second kappa shape index (κ2) is 3.78. The van der Waals surface area contributed by atoms with E-state index in [4.69, 9.17) is 0 Å². The summed E-state index contributed by atoms with van der Waals surface area (Å²) in [5, 5.41) is 0. The van der Waals surface area contributed by atoms with Gasteiger partial charge in [0, 0.05) is 0 Å². The van der Waals surface area contributed by atoms with Crippen molar-refractivity contribution in [2.75, 3.05) is 0 Å². The zero-order valence-electron chi connectivity index (χ0n) is 7.95. The third kappa shape index (κ3) is 1.67. The van der Waals surface area contributed by atoms with Crippen LogP contribution >= 0.6 is 0 Å². The molecule has 1 aromatic rings. The van der Waals surface area contributed by atoms with Gasteiger partial charge in [-0.2, -0.15) is 0 Å². The van der Waals surface area contributed by atoms with Gasteiger partial charge in [0.05, 0.1) is 0 Å². The fraction of sp³-hybridized carbons (Fsp3) is 0.385. The number of hydrogen-bond acceptors (Lipinski definition) is 0. The molecule has 68 valence electrons. The molecule has 0 heteroatoms. The van der Waals surface area contributed by atoms with Crippen LogP contribution in [-0.4, -0.2) is 0 Å². The highest BCUT2D eigenvalue weighted by Crippen LogP contribution is 2.39. The van der Waals surface area contributed by atoms with Crippen LogP contribution < -0.4 is 0 Å². The summed E-state index contributed by atoms with van der Waals surface area (Å²) in [6.07, 6.45) is 6.14. The van der Waals surface area contributed by atoms with E-state index in [1.54, 1.807) is 0 Å². The van der Waals surface area contributed by atoms with Crippen LogP contribution in [0.25, 0.3) is 0 Å². The summed E-state index contributed by atoms with van der Waals surface area (Å²) < 4.78 is 0. The molecule has 13 heavy (non-hydrogen) atoms. The average molecular weight is 172 g/mol. The van der Waals surface area contributed by atoms with Crippen molar-refractivity contribution in [1.29, 1.82) is 0 Å². The molecule has 1 aliphatic rings. The fourth-order valence-electron chi connectivity index (χ4n) is 2.38. The van der Waals surface area contributed by atoms with Crippen LogP contribution in [-0.2, 0) is 0 Å². The lowest BCUT2D eigenvalue weighted by Crippen LogP contribution is -2.02. The van der Waals surface area contributed by atoms with Crippen LogP contribution in [0.5, 0.6) is 0 Å². The lowest BCUT2D eigenvalue weighted by Gasteiger charge is -2.15. The van der Waals surface area contributed by atoms with E-state index in [0.717, 1.165) is 5.92 Å². The van der Waals surface area contributed by atoms with Gasteiger partial charge in [0.25, 0.3) is 0 Å². The smallest absolute Gasteiger partial charge is 0.00991 e. The van der Waals surface area contributed by atoms with Gasteiger partial charge in [-0.1, -0.05) is 42.8 Å². The molecule has 0 saturated heterocycles. The molecule has 2 unspecified atom stereocenters. The molecule has 0 N–H and O–H groups in total. The molecule has 0 nitrogen and oxygen atoms in total. The molecule has 1 fully saturated rings. The fourth-order valence-corrected chi connectivity index (χ4v) is 2.38. The molecule has 2 atom stereocenters. The van der Waals surface area contributed by atoms with Gasteiger partial charge in [0.2, 0.25) is 0 Å². The third-order valence-corrected chi connectivity index (χ3v) is 3.10. The van der Waals surface area contributed by atoms with E-state index in [-0.39, 0.29) is 0 Å². The van der Waals surface area contributed by atoms with Crippen LogP contribution in [0.3, 0.4) is 0 Å². The molecule has 1 aromatic carbocycles. The van der Waals surface area contributed by atoms with Crippen molar-refractivity contribution in [2.24, 2.45) is 5.92 Å². The highest BCUT2D eigenvalue weighted by atomic mass is 14.3. The van der Waals surface area contributed by atoms with Crippen LogP contribution in [0, 0.1) is 5.92 Å². The van der Waals surface area contributed by atoms with E-state index in [1.807, 2.05) is 0 Å². The molecule has 0 aliphatic heterocycles. The Morgan fingerprint density at radius 3 is 2.62 bits per heavy atom. The Morgan fingerprint density at radius 1 is 1.15 bits per heavy atom. The van der Waals surface area contributed by atoms with Gasteiger partial charge in [-0.05, 0) is 30.2 Å². The molecule has 0 amide bonds. The Kier molecular flexibility index (Phi) is 2.49. The van der Waals surface area contributed by atoms with Gasteiger partial charge in [-0.25, -0.2) is 0 Å². The average Bonchev–Trinajstić information content (AvgIpc) is 2.67. The van der Waals surface area contributed by atoms with Gasteiger partial charge in [-0.15, -0.1) is 6.58 Å². The predicted octanol–water partition coefficient (Wildman–Crippen LogP) is 3.76. The quantitative estimate of drug-likeness (QED) is 0.596. The van der Waals surface area contributed by atoms with Crippen molar-refractivity contribution in [3.63, 3.8) is 0 Å². The van der Waals surface area contributed by atoms with E-state index < -0.39 is 0 Å². The van der Waals surface area contributed by atoms with Gasteiger partial charge in [0.1, 0.15) is 0 Å². The standard InChI is InChI=1S/C13H16/c1-2-11-9-6-10-13(11)12-7-4-3-5-8-12/h2-5,7-8,11,13H,1,6,9-10H2. The molecular formula is C13H16. The van der Waals surface area contributed by atoms with Crippen molar-refractivity contribution in [1.82, 2.24) is 0 Å². The van der Waals surface area contributed by atoms with Crippen LogP contribution in [0.4, 0.5) is 0 Å². The summed E-state index contributed by atoms with van der Waals surface area (Å²) in [7, 11) is 0. The maximum absolute atomic E-state index is 3.92. The Hall–Kier alpha value is -1.04. The predicted molar refractivity (Wildman–Crippen MR) is 56.7 cm³/mol. The molecular weight excluding hydrogens is 156 g/mol. The first-order chi connectivity index (χ1) is 6.42. The van der Waals surface area contributed by atoms with Gasteiger partial charge >= 0.3 is 0 Å². The maximum atomic E-state index is 3.92. The van der Waals surface area contributed by atoms with Crippen LogP contribution in [0.2, 0.25) is 0 Å². The van der Waals surface area contributed by atoms with Crippen molar-refractivity contribution >= 4 is 0 Å². The zero-order chi connectivity index (χ0) is 9.10. The summed E-state index contributed by atoms with van der Waals surface area (Å²) in [6, 6.07) is 10.8. The van der Waals surface area contributed by atoms with E-state index in [1.165, 1.54) is 24.8 Å². The molecule has 0 radical (unpaired) electrons. The number of hydrogen-bond donors (Lipinski definition) is 0. The Labute approximate surface area is 80.3 Å². The topological polar surface area (TPSA) is 0 Å². The van der Waals surface area contributed by atoms with E-state index in [9.17, 15) is 0 Å². The minimum Gasteiger partial charge on any atom is -0.103 e. The highest BCUT2D eigenvalue weighted by Gasteiger charge is 2.25. The lowest BCUT2D eigenvalue weighted by molar-refractivity contribution is 0.592. The summed E-state index contributed by atoms with van der Waals surface area (Å²) >= 11 is 0. The second-order valence-corrected chi connectivity index (χ2v) is 3.85. The van der Waals surface area contributed by atoms with Crippen molar-refractivity contribution in [2.45, 2.75) is 25.2 Å². The van der Waals surface area contributed by atoms with E-state index in [0.29, 0.717) is 5.92 Å². The first-order valence-electron chi connectivity index (χ1n) is 5.09. The second-order valence-electron chi connectivity index (χ2n) is 3.85. The monoisotopic (exact) mass is 172 g/mol. The van der Waals surface area contributed by atoms with Crippen molar-refractivity contribution < 1.29 is 0 Å². The van der Waals surface area contributed by atoms with Crippen molar-refractivity contribution in [3.05, 3.63) is 48.6 Å². The third-order valence-electron chi connectivity index (χ3n) is 3.10. The van der Waals surface area contributed by atoms with E-state index in [2.05, 4.69) is 43.0 Å². The largest absolute Gasteiger partial charge is 0.103 e. The summed E-state index contributed by atoms with van der Waals surface area (Å²) in [5.41, 5.74) is 1.49. The summed E-state index contributed by atoms with van der Waals surface area (Å²) in [6.45, 7) is 3.92. The minimum absolute atomic E-state index is 0.711. The Morgan fingerprint density at radius 2 is 1.92 bits per heavy atom. The zero-order valence-corrected chi connectivity index (χ0v) is 7.95. The van der Waals surface area contributed by atoms with Gasteiger partial charge in [-0.3, -0.25) is 0 Å². The van der Waals surface area contributed by atoms with Crippen LogP contribution in [0.15, 0.2) is 43.0 Å². The normalized spacial score (nSPS) is 27.4. The van der Waals surface area contributed by atoms with Gasteiger partial charge < -0.3 is 0 Å². The summed E-state index contributed by atoms with van der Waals surface area (Å²) in [4.78, 5) is 0. The number of allylic oxidation sites excluding steroid dienone is 1. The van der Waals surface area contributed by atoms with E-state index >= 15 is 0 Å².